The number of nitrogens with zero attached hydrogens (tertiary/aromatic N) is 1. The van der Waals surface area contributed by atoms with Crippen LogP contribution in [-0.4, -0.2) is 24.1 Å². The van der Waals surface area contributed by atoms with E-state index in [2.05, 4.69) is 52.5 Å². The van der Waals surface area contributed by atoms with Crippen molar-refractivity contribution in [2.45, 2.75) is 58.9 Å². The monoisotopic (exact) mass is 373 g/mol. The van der Waals surface area contributed by atoms with Crippen molar-refractivity contribution < 1.29 is 5.11 Å². The van der Waals surface area contributed by atoms with Crippen molar-refractivity contribution in [1.29, 1.82) is 0 Å². The molecule has 0 atom stereocenters. The van der Waals surface area contributed by atoms with Crippen LogP contribution in [0.5, 0.6) is 5.75 Å². The van der Waals surface area contributed by atoms with Crippen molar-refractivity contribution in [1.82, 2.24) is 4.90 Å². The molecule has 0 unspecified atom stereocenters. The molecule has 2 aromatic rings. The zero-order chi connectivity index (χ0) is 19.9. The summed E-state index contributed by atoms with van der Waals surface area (Å²) in [6.45, 7) is 13.9. The van der Waals surface area contributed by atoms with E-state index in [0.29, 0.717) is 17.3 Å². The molecule has 0 aliphatic carbocycles. The topological polar surface area (TPSA) is 23.5 Å². The van der Waals surface area contributed by atoms with Crippen molar-refractivity contribution in [3.05, 3.63) is 52.0 Å². The summed E-state index contributed by atoms with van der Waals surface area (Å²) in [5, 5.41) is 12.1. The average molecular weight is 374 g/mol. The van der Waals surface area contributed by atoms with Gasteiger partial charge in [0.15, 0.2) is 0 Å². The lowest BCUT2D eigenvalue weighted by Gasteiger charge is -2.32. The van der Waals surface area contributed by atoms with E-state index in [1.807, 2.05) is 38.4 Å². The van der Waals surface area contributed by atoms with Crippen LogP contribution in [0.4, 0.5) is 0 Å². The van der Waals surface area contributed by atoms with Crippen LogP contribution in [0.15, 0.2) is 30.3 Å². The van der Waals surface area contributed by atoms with Crippen LogP contribution >= 0.6 is 11.6 Å². The molecule has 0 fully saturated rings. The number of halogens is 1. The lowest BCUT2D eigenvalue weighted by atomic mass is 9.74. The van der Waals surface area contributed by atoms with E-state index in [-0.39, 0.29) is 10.8 Å². The first-order chi connectivity index (χ1) is 11.8. The summed E-state index contributed by atoms with van der Waals surface area (Å²) in [7, 11) is 4.07. The third-order valence-corrected chi connectivity index (χ3v) is 4.88. The third-order valence-electron chi connectivity index (χ3n) is 4.63. The summed E-state index contributed by atoms with van der Waals surface area (Å²) in [5.41, 5.74) is 5.12. The fourth-order valence-corrected chi connectivity index (χ4v) is 3.48. The first kappa shape index (κ1) is 20.8. The summed E-state index contributed by atoms with van der Waals surface area (Å²) in [6.07, 6.45) is 0. The molecule has 2 rings (SSSR count). The van der Waals surface area contributed by atoms with Gasteiger partial charge < -0.3 is 10.0 Å². The van der Waals surface area contributed by atoms with Gasteiger partial charge in [0.05, 0.1) is 0 Å². The van der Waals surface area contributed by atoms with Crippen molar-refractivity contribution >= 4 is 11.6 Å². The standard InChI is InChI=1S/C23H32ClNO/c1-22(2,3)18-13-19(23(4,5)6)20(15-9-11-16(24)12-10-15)21(26)17(18)14-25(7)8/h9-13,26H,14H2,1-8H3. The maximum absolute atomic E-state index is 11.4. The molecule has 142 valence electrons. The SMILES string of the molecule is CN(C)Cc1c(C(C)(C)C)cc(C(C)(C)C)c(-c2ccc(Cl)cc2)c1O. The Morgan fingerprint density at radius 1 is 0.885 bits per heavy atom. The van der Waals surface area contributed by atoms with Gasteiger partial charge in [0.2, 0.25) is 0 Å². The van der Waals surface area contributed by atoms with Gasteiger partial charge in [-0.25, -0.2) is 0 Å². The molecule has 0 saturated heterocycles. The molecule has 0 bridgehead atoms. The Hall–Kier alpha value is -1.51. The largest absolute Gasteiger partial charge is 0.507 e. The second-order valence-corrected chi connectivity index (χ2v) is 9.85. The minimum absolute atomic E-state index is 0.0542. The molecular weight excluding hydrogens is 342 g/mol. The molecule has 0 saturated carbocycles. The highest BCUT2D eigenvalue weighted by Gasteiger charge is 2.29. The minimum Gasteiger partial charge on any atom is -0.507 e. The molecule has 0 aromatic heterocycles. The van der Waals surface area contributed by atoms with Crippen LogP contribution in [0.2, 0.25) is 5.02 Å². The predicted molar refractivity (Wildman–Crippen MR) is 113 cm³/mol. The average Bonchev–Trinajstić information content (AvgIpc) is 2.47. The van der Waals surface area contributed by atoms with Crippen LogP contribution in [0, 0.1) is 0 Å². The molecule has 0 amide bonds. The highest BCUT2D eigenvalue weighted by Crippen LogP contribution is 2.45. The lowest BCUT2D eigenvalue weighted by molar-refractivity contribution is 0.378. The Labute approximate surface area is 163 Å². The number of hydrogen-bond donors (Lipinski definition) is 1. The normalized spacial score (nSPS) is 12.7. The van der Waals surface area contributed by atoms with E-state index in [4.69, 9.17) is 11.6 Å². The van der Waals surface area contributed by atoms with Crippen molar-refractivity contribution in [3.63, 3.8) is 0 Å². The second-order valence-electron chi connectivity index (χ2n) is 9.42. The molecule has 2 aromatic carbocycles. The first-order valence-electron chi connectivity index (χ1n) is 9.13. The van der Waals surface area contributed by atoms with E-state index >= 15 is 0 Å². The van der Waals surface area contributed by atoms with E-state index in [9.17, 15) is 5.11 Å². The second kappa shape index (κ2) is 7.25. The molecular formula is C23H32ClNO. The maximum Gasteiger partial charge on any atom is 0.128 e. The molecule has 0 aliphatic rings. The van der Waals surface area contributed by atoms with E-state index in [1.165, 1.54) is 5.56 Å². The number of phenols is 1. The Balaban J connectivity index is 2.90. The third kappa shape index (κ3) is 4.42. The van der Waals surface area contributed by atoms with Gasteiger partial charge in [0.25, 0.3) is 0 Å². The van der Waals surface area contributed by atoms with E-state index in [1.54, 1.807) is 0 Å². The molecule has 2 nitrogen and oxygen atoms in total. The molecule has 0 heterocycles. The highest BCUT2D eigenvalue weighted by molar-refractivity contribution is 6.30. The van der Waals surface area contributed by atoms with Gasteiger partial charge in [-0.2, -0.15) is 0 Å². The summed E-state index contributed by atoms with van der Waals surface area (Å²) in [4.78, 5) is 2.10. The zero-order valence-corrected chi connectivity index (χ0v) is 18.1. The molecule has 26 heavy (non-hydrogen) atoms. The minimum atomic E-state index is -0.0942. The predicted octanol–water partition coefficient (Wildman–Crippen LogP) is 6.37. The van der Waals surface area contributed by atoms with Gasteiger partial charge in [-0.1, -0.05) is 71.3 Å². The van der Waals surface area contributed by atoms with Crippen molar-refractivity contribution in [2.24, 2.45) is 0 Å². The fourth-order valence-electron chi connectivity index (χ4n) is 3.36. The Kier molecular flexibility index (Phi) is 5.80. The van der Waals surface area contributed by atoms with Gasteiger partial charge in [-0.15, -0.1) is 0 Å². The molecule has 1 N–H and O–H groups in total. The van der Waals surface area contributed by atoms with Crippen LogP contribution in [0.25, 0.3) is 11.1 Å². The molecule has 0 aliphatic heterocycles. The van der Waals surface area contributed by atoms with E-state index < -0.39 is 0 Å². The van der Waals surface area contributed by atoms with Crippen molar-refractivity contribution in [2.75, 3.05) is 14.1 Å². The van der Waals surface area contributed by atoms with Crippen LogP contribution in [0.3, 0.4) is 0 Å². The Bertz CT molecular complexity index is 778. The van der Waals surface area contributed by atoms with Crippen molar-refractivity contribution in [3.8, 4) is 16.9 Å². The lowest BCUT2D eigenvalue weighted by Crippen LogP contribution is -2.22. The zero-order valence-electron chi connectivity index (χ0n) is 17.4. The number of hydrogen-bond acceptors (Lipinski definition) is 2. The quantitative estimate of drug-likeness (QED) is 0.675. The Morgan fingerprint density at radius 2 is 1.38 bits per heavy atom. The van der Waals surface area contributed by atoms with Gasteiger partial charge in [-0.05, 0) is 53.7 Å². The first-order valence-corrected chi connectivity index (χ1v) is 9.50. The van der Waals surface area contributed by atoms with E-state index in [0.717, 1.165) is 22.3 Å². The number of phenolic OH excluding ortho intramolecular Hbond substituents is 1. The van der Waals surface area contributed by atoms with Gasteiger partial charge in [0.1, 0.15) is 5.75 Å². The summed E-state index contributed by atoms with van der Waals surface area (Å²) >= 11 is 6.08. The maximum atomic E-state index is 11.4. The van der Waals surface area contributed by atoms with Gasteiger partial charge in [-0.3, -0.25) is 0 Å². The highest BCUT2D eigenvalue weighted by atomic mass is 35.5. The fraction of sp³-hybridized carbons (Fsp3) is 0.478. The smallest absolute Gasteiger partial charge is 0.128 e. The number of benzene rings is 2. The molecule has 0 spiro atoms. The number of aromatic hydroxyl groups is 1. The summed E-state index contributed by atoms with van der Waals surface area (Å²) in [6, 6.07) is 10.0. The molecule has 0 radical (unpaired) electrons. The summed E-state index contributed by atoms with van der Waals surface area (Å²) < 4.78 is 0. The van der Waals surface area contributed by atoms with Crippen LogP contribution in [0.1, 0.15) is 58.2 Å². The van der Waals surface area contributed by atoms with Gasteiger partial charge >= 0.3 is 0 Å². The molecule has 3 heteroatoms. The van der Waals surface area contributed by atoms with Gasteiger partial charge in [0, 0.05) is 22.7 Å². The Morgan fingerprint density at radius 3 is 1.81 bits per heavy atom. The summed E-state index contributed by atoms with van der Waals surface area (Å²) in [5.74, 6) is 0.387. The van der Waals surface area contributed by atoms with Crippen LogP contribution in [-0.2, 0) is 17.4 Å². The van der Waals surface area contributed by atoms with Crippen LogP contribution < -0.4 is 0 Å². The number of rotatable bonds is 3.